The fraction of sp³-hybridized carbons (Fsp3) is 0.455. The van der Waals surface area contributed by atoms with Gasteiger partial charge in [-0.1, -0.05) is 13.8 Å². The van der Waals surface area contributed by atoms with E-state index in [1.807, 2.05) is 13.8 Å². The van der Waals surface area contributed by atoms with E-state index < -0.39 is 11.6 Å². The molecule has 0 fully saturated rings. The normalized spacial score (nSPS) is 9.07. The third-order valence-corrected chi connectivity index (χ3v) is 1.78. The first-order chi connectivity index (χ1) is 6.52. The van der Waals surface area contributed by atoms with Crippen LogP contribution < -0.4 is 4.90 Å². The molecule has 1 aromatic carbocycles. The van der Waals surface area contributed by atoms with E-state index in [9.17, 15) is 8.78 Å². The van der Waals surface area contributed by atoms with Crippen molar-refractivity contribution in [3.63, 3.8) is 0 Å². The summed E-state index contributed by atoms with van der Waals surface area (Å²) in [4.78, 5) is 1.66. The molecule has 0 unspecified atom stereocenters. The Morgan fingerprint density at radius 3 is 1.64 bits per heavy atom. The number of halogens is 2. The van der Waals surface area contributed by atoms with Gasteiger partial charge in [-0.25, -0.2) is 8.78 Å². The van der Waals surface area contributed by atoms with Crippen LogP contribution in [-0.2, 0) is 0 Å². The maximum atomic E-state index is 12.9. The van der Waals surface area contributed by atoms with Gasteiger partial charge in [0.15, 0.2) is 0 Å². The van der Waals surface area contributed by atoms with Gasteiger partial charge >= 0.3 is 0 Å². The van der Waals surface area contributed by atoms with Crippen LogP contribution in [-0.4, -0.2) is 14.1 Å². The standard InChI is InChI=1S/C9H11F2N.C2H6/c1-6-8(10)4-7(12(2)3)5-9(6)11;1-2/h4-5H,1-3H3;1-2H3. The number of benzene rings is 1. The third kappa shape index (κ3) is 2.98. The molecular formula is C11H17F2N. The molecule has 80 valence electrons. The lowest BCUT2D eigenvalue weighted by molar-refractivity contribution is 0.568. The lowest BCUT2D eigenvalue weighted by atomic mass is 10.2. The second kappa shape index (κ2) is 5.58. The monoisotopic (exact) mass is 201 g/mol. The van der Waals surface area contributed by atoms with Crippen LogP contribution >= 0.6 is 0 Å². The summed E-state index contributed by atoms with van der Waals surface area (Å²) < 4.78 is 25.9. The largest absolute Gasteiger partial charge is 0.377 e. The molecule has 0 heterocycles. The fourth-order valence-corrected chi connectivity index (χ4v) is 0.890. The molecule has 1 nitrogen and oxygen atoms in total. The van der Waals surface area contributed by atoms with Gasteiger partial charge in [0.1, 0.15) is 11.6 Å². The highest BCUT2D eigenvalue weighted by Crippen LogP contribution is 2.19. The van der Waals surface area contributed by atoms with Crippen LogP contribution in [0.3, 0.4) is 0 Å². The molecule has 0 amide bonds. The quantitative estimate of drug-likeness (QED) is 0.673. The van der Waals surface area contributed by atoms with E-state index in [0.29, 0.717) is 5.69 Å². The lowest BCUT2D eigenvalue weighted by Crippen LogP contribution is -2.09. The first kappa shape index (κ1) is 12.9. The van der Waals surface area contributed by atoms with Gasteiger partial charge in [0.05, 0.1) is 0 Å². The van der Waals surface area contributed by atoms with Gasteiger partial charge in [-0.05, 0) is 19.1 Å². The zero-order chi connectivity index (χ0) is 11.3. The summed E-state index contributed by atoms with van der Waals surface area (Å²) in [6, 6.07) is 2.64. The van der Waals surface area contributed by atoms with E-state index in [-0.39, 0.29) is 5.56 Å². The third-order valence-electron chi connectivity index (χ3n) is 1.78. The highest BCUT2D eigenvalue weighted by molar-refractivity contribution is 5.47. The number of hydrogen-bond acceptors (Lipinski definition) is 1. The molecule has 1 aromatic rings. The summed E-state index contributed by atoms with van der Waals surface area (Å²) in [5.74, 6) is -1.00. The van der Waals surface area contributed by atoms with E-state index in [0.717, 1.165) is 0 Å². The Morgan fingerprint density at radius 2 is 1.36 bits per heavy atom. The van der Waals surface area contributed by atoms with Gasteiger partial charge in [-0.3, -0.25) is 0 Å². The second-order valence-corrected chi connectivity index (χ2v) is 2.93. The molecule has 1 rings (SSSR count). The first-order valence-electron chi connectivity index (χ1n) is 4.65. The van der Waals surface area contributed by atoms with Crippen molar-refractivity contribution in [1.82, 2.24) is 0 Å². The molecule has 0 aliphatic rings. The zero-order valence-electron chi connectivity index (χ0n) is 9.36. The van der Waals surface area contributed by atoms with Gasteiger partial charge < -0.3 is 4.90 Å². The average Bonchev–Trinajstić information content (AvgIpc) is 2.16. The van der Waals surface area contributed by atoms with Crippen molar-refractivity contribution >= 4 is 5.69 Å². The minimum atomic E-state index is -0.501. The van der Waals surface area contributed by atoms with E-state index in [4.69, 9.17) is 0 Å². The van der Waals surface area contributed by atoms with Crippen LogP contribution in [0.15, 0.2) is 12.1 Å². The maximum absolute atomic E-state index is 12.9. The summed E-state index contributed by atoms with van der Waals surface area (Å²) in [5, 5.41) is 0. The van der Waals surface area contributed by atoms with Gasteiger partial charge in [0, 0.05) is 25.3 Å². The Morgan fingerprint density at radius 1 is 1.00 bits per heavy atom. The molecule has 3 heteroatoms. The Balaban J connectivity index is 0.000000791. The molecule has 0 atom stereocenters. The summed E-state index contributed by atoms with van der Waals surface area (Å²) in [6.45, 7) is 5.42. The minimum absolute atomic E-state index is 0.0700. The summed E-state index contributed by atoms with van der Waals surface area (Å²) in [7, 11) is 3.48. The molecule has 0 radical (unpaired) electrons. The van der Waals surface area contributed by atoms with Gasteiger partial charge in [0.2, 0.25) is 0 Å². The number of anilines is 1. The predicted octanol–water partition coefficient (Wildman–Crippen LogP) is 3.37. The molecule has 0 aliphatic heterocycles. The summed E-state index contributed by atoms with van der Waals surface area (Å²) >= 11 is 0. The minimum Gasteiger partial charge on any atom is -0.377 e. The molecule has 0 saturated carbocycles. The topological polar surface area (TPSA) is 3.24 Å². The molecule has 0 spiro atoms. The van der Waals surface area contributed by atoms with Crippen molar-refractivity contribution in [3.8, 4) is 0 Å². The van der Waals surface area contributed by atoms with Crippen LogP contribution in [0.25, 0.3) is 0 Å². The van der Waals surface area contributed by atoms with Gasteiger partial charge in [-0.15, -0.1) is 0 Å². The van der Waals surface area contributed by atoms with E-state index in [1.165, 1.54) is 19.1 Å². The molecule has 14 heavy (non-hydrogen) atoms. The number of nitrogens with zero attached hydrogens (tertiary/aromatic N) is 1. The fourth-order valence-electron chi connectivity index (χ4n) is 0.890. The average molecular weight is 201 g/mol. The molecule has 0 saturated heterocycles. The molecule has 0 aromatic heterocycles. The summed E-state index contributed by atoms with van der Waals surface area (Å²) in [6.07, 6.45) is 0. The second-order valence-electron chi connectivity index (χ2n) is 2.93. The van der Waals surface area contributed by atoms with Crippen molar-refractivity contribution in [2.45, 2.75) is 20.8 Å². The van der Waals surface area contributed by atoms with Crippen LogP contribution in [0.1, 0.15) is 19.4 Å². The molecular weight excluding hydrogens is 184 g/mol. The van der Waals surface area contributed by atoms with Crippen molar-refractivity contribution in [2.24, 2.45) is 0 Å². The Kier molecular flexibility index (Phi) is 5.13. The number of hydrogen-bond donors (Lipinski definition) is 0. The van der Waals surface area contributed by atoms with E-state index in [2.05, 4.69) is 0 Å². The van der Waals surface area contributed by atoms with Gasteiger partial charge in [0.25, 0.3) is 0 Å². The van der Waals surface area contributed by atoms with Crippen LogP contribution in [0, 0.1) is 18.6 Å². The van der Waals surface area contributed by atoms with E-state index >= 15 is 0 Å². The highest BCUT2D eigenvalue weighted by Gasteiger charge is 2.06. The van der Waals surface area contributed by atoms with Crippen molar-refractivity contribution in [3.05, 3.63) is 29.3 Å². The van der Waals surface area contributed by atoms with Crippen molar-refractivity contribution < 1.29 is 8.78 Å². The van der Waals surface area contributed by atoms with Crippen LogP contribution in [0.5, 0.6) is 0 Å². The van der Waals surface area contributed by atoms with Gasteiger partial charge in [-0.2, -0.15) is 0 Å². The molecule has 0 aliphatic carbocycles. The first-order valence-corrected chi connectivity index (χ1v) is 4.65. The zero-order valence-corrected chi connectivity index (χ0v) is 9.36. The van der Waals surface area contributed by atoms with Crippen LogP contribution in [0.2, 0.25) is 0 Å². The highest BCUT2D eigenvalue weighted by atomic mass is 19.1. The predicted molar refractivity (Wildman–Crippen MR) is 56.8 cm³/mol. The smallest absolute Gasteiger partial charge is 0.131 e. The van der Waals surface area contributed by atoms with Crippen LogP contribution in [0.4, 0.5) is 14.5 Å². The summed E-state index contributed by atoms with van der Waals surface area (Å²) in [5.41, 5.74) is 0.608. The van der Waals surface area contributed by atoms with Crippen molar-refractivity contribution in [2.75, 3.05) is 19.0 Å². The number of rotatable bonds is 1. The molecule has 0 bridgehead atoms. The lowest BCUT2D eigenvalue weighted by Gasteiger charge is -2.13. The molecule has 0 N–H and O–H groups in total. The maximum Gasteiger partial charge on any atom is 0.131 e. The SMILES string of the molecule is CC.Cc1c(F)cc(N(C)C)cc1F. The van der Waals surface area contributed by atoms with Crippen molar-refractivity contribution in [1.29, 1.82) is 0 Å². The van der Waals surface area contributed by atoms with E-state index in [1.54, 1.807) is 19.0 Å². The Hall–Kier alpha value is -1.12. The Labute approximate surface area is 84.4 Å². The Bertz CT molecular complexity index is 272.